The van der Waals surface area contributed by atoms with E-state index in [1.54, 1.807) is 33.9 Å². The minimum absolute atomic E-state index is 0.0756. The zero-order valence-corrected chi connectivity index (χ0v) is 23.4. The highest BCUT2D eigenvalue weighted by molar-refractivity contribution is 5.95. The van der Waals surface area contributed by atoms with Crippen LogP contribution in [0.25, 0.3) is 10.9 Å². The van der Waals surface area contributed by atoms with Crippen LogP contribution in [0.15, 0.2) is 35.5 Å². The monoisotopic (exact) mass is 558 g/mol. The molecule has 0 unspecified atom stereocenters. The molecule has 1 heterocycles. The number of H-pyrrole nitrogens is 1. The van der Waals surface area contributed by atoms with Gasteiger partial charge in [0.2, 0.25) is 17.7 Å². The summed E-state index contributed by atoms with van der Waals surface area (Å²) in [6, 6.07) is 3.31. The van der Waals surface area contributed by atoms with E-state index in [-0.39, 0.29) is 31.3 Å². The highest BCUT2D eigenvalue weighted by Crippen LogP contribution is 2.19. The summed E-state index contributed by atoms with van der Waals surface area (Å²) in [5, 5.41) is 18.4. The maximum absolute atomic E-state index is 13.5. The molecule has 0 fully saturated rings. The number of carbonyl (C=O) groups is 4. The molecule has 0 bridgehead atoms. The summed E-state index contributed by atoms with van der Waals surface area (Å²) >= 11 is 0. The van der Waals surface area contributed by atoms with Crippen LogP contribution >= 0.6 is 0 Å². The van der Waals surface area contributed by atoms with Gasteiger partial charge in [-0.05, 0) is 36.3 Å². The molecule has 11 N–H and O–H groups in total. The number of nitrogens with one attached hydrogen (secondary N) is 4. The Hall–Kier alpha value is -4.13. The van der Waals surface area contributed by atoms with Gasteiger partial charge in [-0.3, -0.25) is 19.4 Å². The van der Waals surface area contributed by atoms with Crippen LogP contribution in [0.1, 0.15) is 46.1 Å². The van der Waals surface area contributed by atoms with E-state index in [0.29, 0.717) is 6.42 Å². The second kappa shape index (κ2) is 14.9. The minimum Gasteiger partial charge on any atom is -0.480 e. The Kier molecular flexibility index (Phi) is 11.9. The number of carbonyl (C=O) groups excluding carboxylic acids is 3. The maximum Gasteiger partial charge on any atom is 0.326 e. The van der Waals surface area contributed by atoms with Crippen LogP contribution in [0.4, 0.5) is 0 Å². The Labute approximate surface area is 233 Å². The fourth-order valence-electron chi connectivity index (χ4n) is 4.11. The van der Waals surface area contributed by atoms with Gasteiger partial charge in [-0.25, -0.2) is 4.79 Å². The summed E-state index contributed by atoms with van der Waals surface area (Å²) < 4.78 is 0. The minimum atomic E-state index is -1.19. The summed E-state index contributed by atoms with van der Waals surface area (Å²) in [6.07, 6.45) is 2.35. The molecular formula is C27H42N8O5. The summed E-state index contributed by atoms with van der Waals surface area (Å²) in [6.45, 7) is 7.14. The van der Waals surface area contributed by atoms with Crippen LogP contribution in [0.5, 0.6) is 0 Å². The predicted octanol–water partition coefficient (Wildman–Crippen LogP) is -0.0577. The van der Waals surface area contributed by atoms with Crippen molar-refractivity contribution in [1.29, 1.82) is 0 Å². The van der Waals surface area contributed by atoms with E-state index in [1.165, 1.54) is 0 Å². The summed E-state index contributed by atoms with van der Waals surface area (Å²) in [4.78, 5) is 58.4. The predicted molar refractivity (Wildman–Crippen MR) is 153 cm³/mol. The van der Waals surface area contributed by atoms with E-state index in [9.17, 15) is 24.3 Å². The third-order valence-electron chi connectivity index (χ3n) is 6.56. The lowest BCUT2D eigenvalue weighted by Gasteiger charge is -2.26. The number of carboxylic acids is 1. The van der Waals surface area contributed by atoms with Gasteiger partial charge in [-0.2, -0.15) is 0 Å². The molecule has 13 nitrogen and oxygen atoms in total. The number of nitrogens with zero attached hydrogens (tertiary/aromatic N) is 1. The number of para-hydroxylation sites is 1. The van der Waals surface area contributed by atoms with E-state index in [0.717, 1.165) is 16.5 Å². The number of aliphatic imine (C=N–C) groups is 1. The Bertz CT molecular complexity index is 1200. The van der Waals surface area contributed by atoms with Gasteiger partial charge < -0.3 is 43.2 Å². The van der Waals surface area contributed by atoms with Crippen molar-refractivity contribution < 1.29 is 24.3 Å². The highest BCUT2D eigenvalue weighted by Gasteiger charge is 2.32. The molecule has 0 spiro atoms. The first-order valence-corrected chi connectivity index (χ1v) is 13.3. The Morgan fingerprint density at radius 1 is 0.925 bits per heavy atom. The Morgan fingerprint density at radius 2 is 1.55 bits per heavy atom. The number of aromatic amines is 1. The van der Waals surface area contributed by atoms with Crippen LogP contribution < -0.4 is 33.2 Å². The number of hydrogen-bond donors (Lipinski definition) is 8. The molecule has 40 heavy (non-hydrogen) atoms. The van der Waals surface area contributed by atoms with Gasteiger partial charge in [0.05, 0.1) is 6.04 Å². The average Bonchev–Trinajstić information content (AvgIpc) is 3.29. The fraction of sp³-hybridized carbons (Fsp3) is 0.519. The van der Waals surface area contributed by atoms with Gasteiger partial charge in [-0.1, -0.05) is 45.9 Å². The molecule has 0 radical (unpaired) electrons. The van der Waals surface area contributed by atoms with Crippen LogP contribution in [0.3, 0.4) is 0 Å². The molecule has 2 rings (SSSR count). The number of benzene rings is 1. The average molecular weight is 559 g/mol. The zero-order valence-electron chi connectivity index (χ0n) is 23.4. The molecule has 3 amide bonds. The second-order valence-corrected chi connectivity index (χ2v) is 10.5. The van der Waals surface area contributed by atoms with E-state index in [2.05, 4.69) is 25.9 Å². The third kappa shape index (κ3) is 9.26. The molecule has 4 atom stereocenters. The number of aromatic nitrogens is 1. The van der Waals surface area contributed by atoms with Crippen molar-refractivity contribution in [2.24, 2.45) is 34.0 Å². The molecular weight excluding hydrogens is 516 g/mol. The molecule has 0 aliphatic heterocycles. The lowest BCUT2D eigenvalue weighted by atomic mass is 10.0. The normalized spacial score (nSPS) is 14.3. The molecule has 0 aliphatic rings. The first kappa shape index (κ1) is 32.1. The largest absolute Gasteiger partial charge is 0.480 e. The van der Waals surface area contributed by atoms with Gasteiger partial charge in [0, 0.05) is 30.1 Å². The lowest BCUT2D eigenvalue weighted by Crippen LogP contribution is -2.58. The Morgan fingerprint density at radius 3 is 2.15 bits per heavy atom. The fourth-order valence-corrected chi connectivity index (χ4v) is 4.11. The first-order chi connectivity index (χ1) is 18.8. The van der Waals surface area contributed by atoms with Gasteiger partial charge in [0.25, 0.3) is 0 Å². The van der Waals surface area contributed by atoms with Gasteiger partial charge >= 0.3 is 5.97 Å². The highest BCUT2D eigenvalue weighted by atomic mass is 16.4. The number of fused-ring (bicyclic) bond motifs is 1. The maximum atomic E-state index is 13.5. The van der Waals surface area contributed by atoms with Crippen molar-refractivity contribution in [2.75, 3.05) is 6.54 Å². The van der Waals surface area contributed by atoms with E-state index in [4.69, 9.17) is 17.2 Å². The molecule has 0 aliphatic carbocycles. The van der Waals surface area contributed by atoms with Crippen LogP contribution in [-0.4, -0.2) is 70.5 Å². The quantitative estimate of drug-likeness (QED) is 0.0836. The van der Waals surface area contributed by atoms with Crippen molar-refractivity contribution in [2.45, 2.75) is 71.1 Å². The smallest absolute Gasteiger partial charge is 0.326 e. The van der Waals surface area contributed by atoms with Gasteiger partial charge in [0.15, 0.2) is 5.96 Å². The molecule has 220 valence electrons. The van der Waals surface area contributed by atoms with Gasteiger partial charge in [0.1, 0.15) is 18.1 Å². The summed E-state index contributed by atoms with van der Waals surface area (Å²) in [7, 11) is 0. The third-order valence-corrected chi connectivity index (χ3v) is 6.56. The standard InChI is InChI=1S/C27H42N8O5/c1-14(2)21(28)25(38)33-19(10-7-11-31-27(29)30)23(36)34-20(24(37)35-22(15(3)4)26(39)40)12-16-13-32-18-9-6-5-8-17(16)18/h5-6,8-9,13-15,19-22,32H,7,10-12,28H2,1-4H3,(H,33,38)(H,34,36)(H,35,37)(H,39,40)(H4,29,30,31)/t19-,20-,21-,22-/m0/s1. The first-order valence-electron chi connectivity index (χ1n) is 13.3. The molecule has 0 saturated heterocycles. The molecule has 1 aromatic heterocycles. The zero-order chi connectivity index (χ0) is 30.0. The molecule has 1 aromatic carbocycles. The van der Waals surface area contributed by atoms with Crippen molar-refractivity contribution in [3.8, 4) is 0 Å². The summed E-state index contributed by atoms with van der Waals surface area (Å²) in [5.41, 5.74) is 18.3. The molecule has 0 saturated carbocycles. The van der Waals surface area contributed by atoms with E-state index >= 15 is 0 Å². The van der Waals surface area contributed by atoms with Crippen molar-refractivity contribution in [3.63, 3.8) is 0 Å². The van der Waals surface area contributed by atoms with Crippen LogP contribution in [-0.2, 0) is 25.6 Å². The van der Waals surface area contributed by atoms with Crippen molar-refractivity contribution in [1.82, 2.24) is 20.9 Å². The number of nitrogens with two attached hydrogens (primary N) is 3. The van der Waals surface area contributed by atoms with Gasteiger partial charge in [-0.15, -0.1) is 0 Å². The topological polar surface area (TPSA) is 231 Å². The van der Waals surface area contributed by atoms with Crippen molar-refractivity contribution >= 4 is 40.6 Å². The lowest BCUT2D eigenvalue weighted by molar-refractivity contribution is -0.143. The van der Waals surface area contributed by atoms with E-state index < -0.39 is 53.8 Å². The SMILES string of the molecule is CC(C)[C@H](N)C(=O)N[C@@H](CCCN=C(N)N)C(=O)N[C@@H](Cc1c[nH]c2ccccc12)C(=O)N[C@H](C(=O)O)C(C)C. The van der Waals surface area contributed by atoms with Crippen molar-refractivity contribution in [3.05, 3.63) is 36.0 Å². The summed E-state index contributed by atoms with van der Waals surface area (Å²) in [5.74, 6) is -3.65. The molecule has 13 heteroatoms. The van der Waals surface area contributed by atoms with Crippen LogP contribution in [0.2, 0.25) is 0 Å². The Balaban J connectivity index is 2.34. The second-order valence-electron chi connectivity index (χ2n) is 10.5. The molecule has 2 aromatic rings. The number of hydrogen-bond acceptors (Lipinski definition) is 6. The number of aliphatic carboxylic acids is 1. The number of carboxylic acid groups (broad SMARTS) is 1. The number of rotatable bonds is 15. The van der Waals surface area contributed by atoms with E-state index in [1.807, 2.05) is 24.3 Å². The van der Waals surface area contributed by atoms with Crippen LogP contribution in [0, 0.1) is 11.8 Å². The number of guanidine groups is 1. The number of amides is 3.